The zero-order valence-corrected chi connectivity index (χ0v) is 10.8. The summed E-state index contributed by atoms with van der Waals surface area (Å²) in [6, 6.07) is 2.29. The second kappa shape index (κ2) is 7.30. The summed E-state index contributed by atoms with van der Waals surface area (Å²) in [5.74, 6) is -1.19. The Kier molecular flexibility index (Phi) is 5.72. The number of aromatic nitrogens is 1. The van der Waals surface area contributed by atoms with Crippen molar-refractivity contribution in [2.75, 3.05) is 11.9 Å². The minimum Gasteiger partial charge on any atom is -0.477 e. The first-order chi connectivity index (χ1) is 9.06. The second-order valence-corrected chi connectivity index (χ2v) is 4.11. The van der Waals surface area contributed by atoms with Gasteiger partial charge in [-0.05, 0) is 12.5 Å². The summed E-state index contributed by atoms with van der Waals surface area (Å²) in [4.78, 5) is 24.8. The summed E-state index contributed by atoms with van der Waals surface area (Å²) in [7, 11) is 0. The van der Waals surface area contributed by atoms with Crippen LogP contribution in [0.1, 0.15) is 43.1 Å². The third-order valence-electron chi connectivity index (χ3n) is 2.61. The van der Waals surface area contributed by atoms with Gasteiger partial charge in [-0.2, -0.15) is 0 Å². The van der Waals surface area contributed by atoms with Gasteiger partial charge in [0.15, 0.2) is 5.69 Å². The Balaban J connectivity index is 2.74. The van der Waals surface area contributed by atoms with Gasteiger partial charge in [-0.1, -0.05) is 26.2 Å². The number of carboxylic acids is 1. The molecule has 0 radical (unpaired) electrons. The van der Waals surface area contributed by atoms with Gasteiger partial charge in [0.05, 0.1) is 4.92 Å². The number of rotatable bonds is 8. The van der Waals surface area contributed by atoms with E-state index in [4.69, 9.17) is 5.11 Å². The van der Waals surface area contributed by atoms with Crippen LogP contribution in [-0.2, 0) is 0 Å². The van der Waals surface area contributed by atoms with Crippen LogP contribution in [0, 0.1) is 10.1 Å². The number of unbranched alkanes of at least 4 members (excludes halogenated alkanes) is 3. The normalized spacial score (nSPS) is 10.2. The molecule has 0 aliphatic rings. The first kappa shape index (κ1) is 14.9. The quantitative estimate of drug-likeness (QED) is 0.426. The lowest BCUT2D eigenvalue weighted by atomic mass is 10.2. The molecule has 1 rings (SSSR count). The van der Waals surface area contributed by atoms with E-state index < -0.39 is 10.9 Å². The monoisotopic (exact) mass is 267 g/mol. The topological polar surface area (TPSA) is 105 Å². The molecule has 0 spiro atoms. The molecule has 7 heteroatoms. The van der Waals surface area contributed by atoms with Crippen LogP contribution in [0.15, 0.2) is 12.1 Å². The lowest BCUT2D eigenvalue weighted by Crippen LogP contribution is -2.09. The summed E-state index contributed by atoms with van der Waals surface area (Å²) >= 11 is 0. The van der Waals surface area contributed by atoms with Crippen molar-refractivity contribution in [1.29, 1.82) is 0 Å². The lowest BCUT2D eigenvalue weighted by Gasteiger charge is -2.06. The third kappa shape index (κ3) is 4.53. The van der Waals surface area contributed by atoms with E-state index in [2.05, 4.69) is 17.2 Å². The highest BCUT2D eigenvalue weighted by Crippen LogP contribution is 2.22. The van der Waals surface area contributed by atoms with E-state index in [-0.39, 0.29) is 17.2 Å². The Bertz CT molecular complexity index is 462. The Labute approximate surface area is 110 Å². The van der Waals surface area contributed by atoms with E-state index in [0.29, 0.717) is 6.54 Å². The fraction of sp³-hybridized carbons (Fsp3) is 0.500. The standard InChI is InChI=1S/C12H17N3O4/c1-2-3-4-5-8-13-11-10(15(18)19)7-6-9(14-11)12(16)17/h6-7H,2-5,8H2,1H3,(H,13,14)(H,16,17). The summed E-state index contributed by atoms with van der Waals surface area (Å²) in [5, 5.41) is 22.5. The van der Waals surface area contributed by atoms with Crippen LogP contribution in [0.25, 0.3) is 0 Å². The molecule has 0 aromatic carbocycles. The van der Waals surface area contributed by atoms with Gasteiger partial charge in [0.1, 0.15) is 0 Å². The molecule has 7 nitrogen and oxygen atoms in total. The molecule has 0 amide bonds. The number of nitrogens with one attached hydrogen (secondary N) is 1. The maximum Gasteiger partial charge on any atom is 0.354 e. The lowest BCUT2D eigenvalue weighted by molar-refractivity contribution is -0.384. The molecule has 0 aliphatic carbocycles. The number of aromatic carboxylic acids is 1. The van der Waals surface area contributed by atoms with E-state index in [9.17, 15) is 14.9 Å². The van der Waals surface area contributed by atoms with Crippen LogP contribution >= 0.6 is 0 Å². The van der Waals surface area contributed by atoms with Crippen LogP contribution < -0.4 is 5.32 Å². The van der Waals surface area contributed by atoms with Crippen LogP contribution in [0.2, 0.25) is 0 Å². The number of pyridine rings is 1. The van der Waals surface area contributed by atoms with Crippen molar-refractivity contribution in [2.24, 2.45) is 0 Å². The predicted molar refractivity (Wildman–Crippen MR) is 70.5 cm³/mol. The van der Waals surface area contributed by atoms with Crippen molar-refractivity contribution in [1.82, 2.24) is 4.98 Å². The van der Waals surface area contributed by atoms with Crippen LogP contribution in [0.4, 0.5) is 11.5 Å². The van der Waals surface area contributed by atoms with Crippen molar-refractivity contribution >= 4 is 17.5 Å². The average Bonchev–Trinajstić information content (AvgIpc) is 2.38. The molecule has 0 bridgehead atoms. The van der Waals surface area contributed by atoms with Crippen molar-refractivity contribution in [3.63, 3.8) is 0 Å². The van der Waals surface area contributed by atoms with Gasteiger partial charge < -0.3 is 10.4 Å². The number of hydrogen-bond donors (Lipinski definition) is 2. The number of nitrogens with zero attached hydrogens (tertiary/aromatic N) is 2. The Hall–Kier alpha value is -2.18. The summed E-state index contributed by atoms with van der Waals surface area (Å²) < 4.78 is 0. The smallest absolute Gasteiger partial charge is 0.354 e. The number of carboxylic acid groups (broad SMARTS) is 1. The molecule has 1 heterocycles. The highest BCUT2D eigenvalue weighted by atomic mass is 16.6. The van der Waals surface area contributed by atoms with Gasteiger partial charge in [-0.15, -0.1) is 0 Å². The number of carbonyl (C=O) groups is 1. The van der Waals surface area contributed by atoms with Gasteiger partial charge in [0, 0.05) is 12.6 Å². The maximum absolute atomic E-state index is 10.8. The fourth-order valence-corrected chi connectivity index (χ4v) is 1.61. The molecule has 0 atom stereocenters. The molecular weight excluding hydrogens is 250 g/mol. The van der Waals surface area contributed by atoms with Crippen LogP contribution in [-0.4, -0.2) is 27.5 Å². The van der Waals surface area contributed by atoms with E-state index in [0.717, 1.165) is 37.8 Å². The van der Waals surface area contributed by atoms with Gasteiger partial charge in [0.2, 0.25) is 5.82 Å². The SMILES string of the molecule is CCCCCCNc1nc(C(=O)O)ccc1[N+](=O)[O-]. The minimum absolute atomic E-state index is 0.0152. The Morgan fingerprint density at radius 1 is 1.42 bits per heavy atom. The van der Waals surface area contributed by atoms with Gasteiger partial charge in [0.25, 0.3) is 0 Å². The largest absolute Gasteiger partial charge is 0.477 e. The van der Waals surface area contributed by atoms with E-state index in [1.807, 2.05) is 0 Å². The highest BCUT2D eigenvalue weighted by Gasteiger charge is 2.17. The highest BCUT2D eigenvalue weighted by molar-refractivity contribution is 5.86. The molecule has 0 aliphatic heterocycles. The van der Waals surface area contributed by atoms with Crippen molar-refractivity contribution in [3.05, 3.63) is 27.9 Å². The van der Waals surface area contributed by atoms with Crippen LogP contribution in [0.3, 0.4) is 0 Å². The Morgan fingerprint density at radius 3 is 2.74 bits per heavy atom. The Morgan fingerprint density at radius 2 is 2.16 bits per heavy atom. The van der Waals surface area contributed by atoms with Crippen LogP contribution in [0.5, 0.6) is 0 Å². The number of anilines is 1. The molecule has 0 saturated heterocycles. The molecule has 0 unspecified atom stereocenters. The first-order valence-corrected chi connectivity index (χ1v) is 6.19. The summed E-state index contributed by atoms with van der Waals surface area (Å²) in [6.45, 7) is 2.63. The van der Waals surface area contributed by atoms with E-state index >= 15 is 0 Å². The zero-order chi connectivity index (χ0) is 14.3. The molecule has 0 saturated carbocycles. The molecule has 2 N–H and O–H groups in total. The molecule has 0 fully saturated rings. The summed E-state index contributed by atoms with van der Waals surface area (Å²) in [5.41, 5.74) is -0.415. The molecule has 19 heavy (non-hydrogen) atoms. The van der Waals surface area contributed by atoms with E-state index in [1.165, 1.54) is 0 Å². The third-order valence-corrected chi connectivity index (χ3v) is 2.61. The number of nitro groups is 1. The fourth-order valence-electron chi connectivity index (χ4n) is 1.61. The molecular formula is C12H17N3O4. The summed E-state index contributed by atoms with van der Waals surface area (Å²) in [6.07, 6.45) is 4.10. The maximum atomic E-state index is 10.8. The predicted octanol–water partition coefficient (Wildman–Crippen LogP) is 2.68. The number of hydrogen-bond acceptors (Lipinski definition) is 5. The molecule has 1 aromatic heterocycles. The first-order valence-electron chi connectivity index (χ1n) is 6.19. The second-order valence-electron chi connectivity index (χ2n) is 4.11. The van der Waals surface area contributed by atoms with Crippen molar-refractivity contribution in [3.8, 4) is 0 Å². The molecule has 104 valence electrons. The van der Waals surface area contributed by atoms with Crippen molar-refractivity contribution < 1.29 is 14.8 Å². The van der Waals surface area contributed by atoms with E-state index in [1.54, 1.807) is 0 Å². The van der Waals surface area contributed by atoms with Gasteiger partial charge in [-0.25, -0.2) is 9.78 Å². The van der Waals surface area contributed by atoms with Gasteiger partial charge >= 0.3 is 11.7 Å². The molecule has 1 aromatic rings. The minimum atomic E-state index is -1.20. The van der Waals surface area contributed by atoms with Gasteiger partial charge in [-0.3, -0.25) is 10.1 Å². The average molecular weight is 267 g/mol. The van der Waals surface area contributed by atoms with Crippen molar-refractivity contribution in [2.45, 2.75) is 32.6 Å². The zero-order valence-electron chi connectivity index (χ0n) is 10.8.